The molecule has 104 valence electrons. The zero-order valence-corrected chi connectivity index (χ0v) is 11.7. The second-order valence-corrected chi connectivity index (χ2v) is 6.27. The van der Waals surface area contributed by atoms with E-state index in [0.29, 0.717) is 17.2 Å². The van der Waals surface area contributed by atoms with Crippen LogP contribution in [0.5, 0.6) is 0 Å². The topological polar surface area (TPSA) is 57.5 Å². The maximum atomic E-state index is 10.7. The van der Waals surface area contributed by atoms with E-state index in [1.807, 2.05) is 0 Å². The molecule has 3 nitrogen and oxygen atoms in total. The van der Waals surface area contributed by atoms with Gasteiger partial charge in [-0.3, -0.25) is 0 Å². The molecule has 2 rings (SSSR count). The fraction of sp³-hybridized carbons (Fsp3) is 0.533. The van der Waals surface area contributed by atoms with Crippen LogP contribution in [0.2, 0.25) is 0 Å². The molecule has 1 atom stereocenters. The number of carboxylic acid groups (broad SMARTS) is 1. The monoisotopic (exact) mass is 280 g/mol. The first-order chi connectivity index (χ1) is 9.15. The number of aliphatic hydroxyl groups excluding tert-OH is 1. The van der Waals surface area contributed by atoms with Crippen molar-refractivity contribution >= 4 is 17.7 Å². The number of rotatable bonds is 6. The summed E-state index contributed by atoms with van der Waals surface area (Å²) in [5.74, 6) is 0.478. The molecule has 0 radical (unpaired) electrons. The van der Waals surface area contributed by atoms with Crippen molar-refractivity contribution in [2.24, 2.45) is 5.92 Å². The highest BCUT2D eigenvalue weighted by Gasteiger charge is 2.18. The van der Waals surface area contributed by atoms with Gasteiger partial charge in [0.05, 0.1) is 11.7 Å². The molecule has 2 N–H and O–H groups in total. The van der Waals surface area contributed by atoms with Crippen LogP contribution in [0.3, 0.4) is 0 Å². The van der Waals surface area contributed by atoms with Crippen molar-refractivity contribution in [3.63, 3.8) is 0 Å². The van der Waals surface area contributed by atoms with Gasteiger partial charge in [-0.1, -0.05) is 25.7 Å². The van der Waals surface area contributed by atoms with Crippen molar-refractivity contribution in [1.29, 1.82) is 0 Å². The molecule has 4 heteroatoms. The quantitative estimate of drug-likeness (QED) is 0.784. The van der Waals surface area contributed by atoms with Gasteiger partial charge in [-0.2, -0.15) is 0 Å². The standard InChI is InChI=1S/C15H20O3S/c16-13(9-11-3-1-2-4-11)10-19-14-7-5-12(6-8-14)15(17)18/h5-8,11,13,16H,1-4,9-10H2,(H,17,18). The molecule has 0 heterocycles. The third-order valence-corrected chi connectivity index (χ3v) is 4.78. The maximum absolute atomic E-state index is 10.7. The number of benzene rings is 1. The van der Waals surface area contributed by atoms with Gasteiger partial charge in [0.25, 0.3) is 0 Å². The third kappa shape index (κ3) is 4.55. The van der Waals surface area contributed by atoms with Gasteiger partial charge in [-0.15, -0.1) is 11.8 Å². The van der Waals surface area contributed by atoms with Crippen LogP contribution in [0.4, 0.5) is 0 Å². The summed E-state index contributed by atoms with van der Waals surface area (Å²) in [4.78, 5) is 11.7. The van der Waals surface area contributed by atoms with Gasteiger partial charge in [0.2, 0.25) is 0 Å². The Morgan fingerprint density at radius 1 is 1.26 bits per heavy atom. The van der Waals surface area contributed by atoms with E-state index in [9.17, 15) is 9.90 Å². The van der Waals surface area contributed by atoms with Crippen LogP contribution in [-0.4, -0.2) is 28.0 Å². The van der Waals surface area contributed by atoms with E-state index >= 15 is 0 Å². The minimum Gasteiger partial charge on any atom is -0.478 e. The highest BCUT2D eigenvalue weighted by Crippen LogP contribution is 2.30. The van der Waals surface area contributed by atoms with Gasteiger partial charge < -0.3 is 10.2 Å². The van der Waals surface area contributed by atoms with Crippen LogP contribution in [0.1, 0.15) is 42.5 Å². The molecule has 1 aromatic rings. The molecule has 1 aliphatic carbocycles. The lowest BCUT2D eigenvalue weighted by Gasteiger charge is -2.14. The van der Waals surface area contributed by atoms with E-state index < -0.39 is 5.97 Å². The zero-order valence-electron chi connectivity index (χ0n) is 10.9. The van der Waals surface area contributed by atoms with Crippen LogP contribution in [-0.2, 0) is 0 Å². The summed E-state index contributed by atoms with van der Waals surface area (Å²) in [6, 6.07) is 6.81. The van der Waals surface area contributed by atoms with Crippen LogP contribution < -0.4 is 0 Å². The minimum atomic E-state index is -0.905. The van der Waals surface area contributed by atoms with Crippen LogP contribution in [0.15, 0.2) is 29.2 Å². The average molecular weight is 280 g/mol. The summed E-state index contributed by atoms with van der Waals surface area (Å²) in [7, 11) is 0. The van der Waals surface area contributed by atoms with Crippen molar-refractivity contribution in [3.05, 3.63) is 29.8 Å². The lowest BCUT2D eigenvalue weighted by molar-refractivity contribution is 0.0697. The third-order valence-electron chi connectivity index (χ3n) is 3.62. The molecule has 1 aromatic carbocycles. The van der Waals surface area contributed by atoms with Gasteiger partial charge in [0, 0.05) is 10.6 Å². The maximum Gasteiger partial charge on any atom is 0.335 e. The van der Waals surface area contributed by atoms with E-state index in [1.165, 1.54) is 25.7 Å². The summed E-state index contributed by atoms with van der Waals surface area (Å²) in [6.07, 6.45) is 5.78. The van der Waals surface area contributed by atoms with Crippen LogP contribution >= 0.6 is 11.8 Å². The molecular formula is C15H20O3S. The highest BCUT2D eigenvalue weighted by atomic mass is 32.2. The number of carboxylic acids is 1. The summed E-state index contributed by atoms with van der Waals surface area (Å²) in [5.41, 5.74) is 0.302. The number of hydrogen-bond acceptors (Lipinski definition) is 3. The number of thioether (sulfide) groups is 1. The molecule has 1 saturated carbocycles. The normalized spacial score (nSPS) is 17.5. The molecule has 0 aliphatic heterocycles. The van der Waals surface area contributed by atoms with Crippen molar-refractivity contribution < 1.29 is 15.0 Å². The van der Waals surface area contributed by atoms with E-state index in [-0.39, 0.29) is 6.10 Å². The van der Waals surface area contributed by atoms with Crippen molar-refractivity contribution in [1.82, 2.24) is 0 Å². The SMILES string of the molecule is O=C(O)c1ccc(SCC(O)CC2CCCC2)cc1. The molecule has 1 unspecified atom stereocenters. The predicted octanol–water partition coefficient (Wildman–Crippen LogP) is 3.42. The number of aromatic carboxylic acids is 1. The van der Waals surface area contributed by atoms with E-state index in [1.54, 1.807) is 36.0 Å². The van der Waals surface area contributed by atoms with Gasteiger partial charge >= 0.3 is 5.97 Å². The second kappa shape index (κ2) is 6.96. The van der Waals surface area contributed by atoms with Crippen molar-refractivity contribution in [2.45, 2.75) is 43.1 Å². The number of hydrogen-bond donors (Lipinski definition) is 2. The lowest BCUT2D eigenvalue weighted by Crippen LogP contribution is -2.14. The first-order valence-corrected chi connectivity index (χ1v) is 7.78. The van der Waals surface area contributed by atoms with E-state index in [2.05, 4.69) is 0 Å². The van der Waals surface area contributed by atoms with Crippen LogP contribution in [0.25, 0.3) is 0 Å². The predicted molar refractivity (Wildman–Crippen MR) is 76.7 cm³/mol. The molecule has 19 heavy (non-hydrogen) atoms. The largest absolute Gasteiger partial charge is 0.478 e. The zero-order chi connectivity index (χ0) is 13.7. The summed E-state index contributed by atoms with van der Waals surface area (Å²) in [5, 5.41) is 18.8. The molecule has 0 bridgehead atoms. The summed E-state index contributed by atoms with van der Waals surface area (Å²) >= 11 is 1.59. The molecule has 0 amide bonds. The molecular weight excluding hydrogens is 260 g/mol. The fourth-order valence-electron chi connectivity index (χ4n) is 2.59. The highest BCUT2D eigenvalue weighted by molar-refractivity contribution is 7.99. The Kier molecular flexibility index (Phi) is 5.28. The Morgan fingerprint density at radius 3 is 2.47 bits per heavy atom. The molecule has 1 aliphatic rings. The Hall–Kier alpha value is -1.00. The average Bonchev–Trinajstić information content (AvgIpc) is 2.89. The molecule has 0 aromatic heterocycles. The molecule has 0 saturated heterocycles. The van der Waals surface area contributed by atoms with Gasteiger partial charge in [-0.25, -0.2) is 4.79 Å². The summed E-state index contributed by atoms with van der Waals surface area (Å²) in [6.45, 7) is 0. The first kappa shape index (κ1) is 14.4. The van der Waals surface area contributed by atoms with Crippen molar-refractivity contribution in [2.75, 3.05) is 5.75 Å². The molecule has 1 fully saturated rings. The van der Waals surface area contributed by atoms with Crippen molar-refractivity contribution in [3.8, 4) is 0 Å². The minimum absolute atomic E-state index is 0.257. The van der Waals surface area contributed by atoms with E-state index in [0.717, 1.165) is 11.3 Å². The lowest BCUT2D eigenvalue weighted by atomic mass is 10.0. The molecule has 0 spiro atoms. The Bertz CT molecular complexity index is 410. The van der Waals surface area contributed by atoms with E-state index in [4.69, 9.17) is 5.11 Å². The first-order valence-electron chi connectivity index (χ1n) is 6.79. The Labute approximate surface area is 118 Å². The van der Waals surface area contributed by atoms with Gasteiger partial charge in [0.1, 0.15) is 0 Å². The Morgan fingerprint density at radius 2 is 1.89 bits per heavy atom. The number of aliphatic hydroxyl groups is 1. The van der Waals surface area contributed by atoms with Crippen LogP contribution in [0, 0.1) is 5.92 Å². The second-order valence-electron chi connectivity index (χ2n) is 5.18. The van der Waals surface area contributed by atoms with Gasteiger partial charge in [0.15, 0.2) is 0 Å². The number of carbonyl (C=O) groups is 1. The fourth-order valence-corrected chi connectivity index (χ4v) is 3.43. The Balaban J connectivity index is 1.76. The smallest absolute Gasteiger partial charge is 0.335 e. The van der Waals surface area contributed by atoms with Gasteiger partial charge in [-0.05, 0) is 36.6 Å². The summed E-state index contributed by atoms with van der Waals surface area (Å²) < 4.78 is 0.